The van der Waals surface area contributed by atoms with E-state index in [-0.39, 0.29) is 30.4 Å². The number of piperidine rings is 1. The van der Waals surface area contributed by atoms with E-state index < -0.39 is 0 Å². The third kappa shape index (κ3) is 4.41. The van der Waals surface area contributed by atoms with Gasteiger partial charge in [0.05, 0.1) is 6.04 Å². The summed E-state index contributed by atoms with van der Waals surface area (Å²) in [5.41, 5.74) is 2.42. The molecule has 0 radical (unpaired) electrons. The van der Waals surface area contributed by atoms with E-state index in [0.717, 1.165) is 24.9 Å². The molecule has 1 saturated heterocycles. The highest BCUT2D eigenvalue weighted by Crippen LogP contribution is 2.21. The van der Waals surface area contributed by atoms with E-state index in [1.165, 1.54) is 0 Å². The van der Waals surface area contributed by atoms with Crippen LogP contribution >= 0.6 is 0 Å². The second kappa shape index (κ2) is 8.32. The zero-order valence-electron chi connectivity index (χ0n) is 15.1. The van der Waals surface area contributed by atoms with Crippen molar-refractivity contribution in [1.82, 2.24) is 10.2 Å². The Morgan fingerprint density at radius 1 is 1.27 bits per heavy atom. The zero-order valence-corrected chi connectivity index (χ0v) is 15.1. The molecule has 1 aromatic rings. The summed E-state index contributed by atoms with van der Waals surface area (Å²) in [5.74, 6) is 0.0365. The molecule has 5 heteroatoms. The van der Waals surface area contributed by atoms with Crippen LogP contribution in [-0.2, 0) is 4.79 Å². The molecule has 2 atom stereocenters. The molecule has 0 bridgehead atoms. The van der Waals surface area contributed by atoms with E-state index in [2.05, 4.69) is 5.32 Å². The summed E-state index contributed by atoms with van der Waals surface area (Å²) in [6.45, 7) is 3.44. The molecule has 5 nitrogen and oxygen atoms in total. The Morgan fingerprint density at radius 3 is 2.77 bits per heavy atom. The molecule has 138 valence electrons. The lowest BCUT2D eigenvalue weighted by molar-refractivity contribution is -0.129. The van der Waals surface area contributed by atoms with Crippen LogP contribution in [0.1, 0.15) is 35.2 Å². The molecule has 1 aromatic carbocycles. The van der Waals surface area contributed by atoms with Crippen molar-refractivity contribution < 1.29 is 14.7 Å². The summed E-state index contributed by atoms with van der Waals surface area (Å²) in [5, 5.41) is 12.3. The first-order valence-corrected chi connectivity index (χ1v) is 9.22. The van der Waals surface area contributed by atoms with E-state index in [4.69, 9.17) is 0 Å². The van der Waals surface area contributed by atoms with Crippen molar-refractivity contribution in [1.29, 1.82) is 0 Å². The van der Waals surface area contributed by atoms with Crippen LogP contribution in [0.4, 0.5) is 0 Å². The minimum absolute atomic E-state index is 0.0158. The average Bonchev–Trinajstić information content (AvgIpc) is 2.68. The maximum absolute atomic E-state index is 12.8. The third-order valence-electron chi connectivity index (χ3n) is 5.01. The molecule has 2 N–H and O–H groups in total. The van der Waals surface area contributed by atoms with Gasteiger partial charge in [-0.1, -0.05) is 29.8 Å². The van der Waals surface area contributed by atoms with Crippen molar-refractivity contribution in [2.45, 2.75) is 32.2 Å². The second-order valence-corrected chi connectivity index (χ2v) is 7.13. The van der Waals surface area contributed by atoms with Gasteiger partial charge in [0.25, 0.3) is 5.91 Å². The molecular formula is C21H26N2O3. The number of benzene rings is 1. The Morgan fingerprint density at radius 2 is 2.04 bits per heavy atom. The second-order valence-electron chi connectivity index (χ2n) is 7.13. The number of likely N-dealkylation sites (tertiary alicyclic amines) is 1. The highest BCUT2D eigenvalue weighted by molar-refractivity contribution is 5.96. The van der Waals surface area contributed by atoms with Gasteiger partial charge in [-0.15, -0.1) is 0 Å². The molecule has 1 fully saturated rings. The fourth-order valence-corrected chi connectivity index (χ4v) is 3.47. The van der Waals surface area contributed by atoms with Gasteiger partial charge < -0.3 is 15.3 Å². The summed E-state index contributed by atoms with van der Waals surface area (Å²) in [7, 11) is 0. The predicted octanol–water partition coefficient (Wildman–Crippen LogP) is 2.21. The first kappa shape index (κ1) is 18.4. The first-order chi connectivity index (χ1) is 12.6. The number of carbonyl (C=O) groups excluding carboxylic acids is 2. The smallest absolute Gasteiger partial charge is 0.251 e. The monoisotopic (exact) mass is 354 g/mol. The van der Waals surface area contributed by atoms with Crippen LogP contribution in [0.3, 0.4) is 0 Å². The summed E-state index contributed by atoms with van der Waals surface area (Å²) in [4.78, 5) is 27.0. The minimum atomic E-state index is -0.282. The van der Waals surface area contributed by atoms with Gasteiger partial charge in [-0.25, -0.2) is 0 Å². The van der Waals surface area contributed by atoms with Crippen molar-refractivity contribution >= 4 is 11.8 Å². The molecule has 3 rings (SSSR count). The van der Waals surface area contributed by atoms with Crippen molar-refractivity contribution in [3.63, 3.8) is 0 Å². The number of aliphatic hydroxyl groups is 1. The van der Waals surface area contributed by atoms with E-state index in [9.17, 15) is 14.7 Å². The van der Waals surface area contributed by atoms with Crippen molar-refractivity contribution in [2.24, 2.45) is 5.92 Å². The summed E-state index contributed by atoms with van der Waals surface area (Å²) in [6, 6.07) is 7.13. The fourth-order valence-electron chi connectivity index (χ4n) is 3.47. The summed E-state index contributed by atoms with van der Waals surface area (Å²) in [6.07, 6.45) is 8.16. The highest BCUT2D eigenvalue weighted by atomic mass is 16.3. The Bertz CT molecular complexity index is 721. The maximum Gasteiger partial charge on any atom is 0.251 e. The summed E-state index contributed by atoms with van der Waals surface area (Å²) < 4.78 is 0. The Balaban J connectivity index is 1.64. The standard InChI is InChI=1S/C21H26N2O3/c1-15-7-9-17(10-8-15)20(25)22-19-6-2-5-18(12-19)21(26)23-11-3-4-16(13-23)14-24/h2,6-10,12,16,19,24H,3-5,11,13-14H2,1H3,(H,22,25). The lowest BCUT2D eigenvalue weighted by Gasteiger charge is -2.33. The van der Waals surface area contributed by atoms with Crippen LogP contribution in [0, 0.1) is 12.8 Å². The third-order valence-corrected chi connectivity index (χ3v) is 5.01. The van der Waals surface area contributed by atoms with Crippen LogP contribution in [0.5, 0.6) is 0 Å². The molecule has 2 unspecified atom stereocenters. The van der Waals surface area contributed by atoms with Crippen LogP contribution in [0.25, 0.3) is 0 Å². The number of rotatable bonds is 4. The van der Waals surface area contributed by atoms with Crippen LogP contribution < -0.4 is 5.32 Å². The molecule has 1 heterocycles. The molecule has 0 aromatic heterocycles. The van der Waals surface area contributed by atoms with Crippen LogP contribution in [-0.4, -0.2) is 47.6 Å². The SMILES string of the molecule is Cc1ccc(C(=O)NC2C=CCC(C(=O)N3CCCC(CO)C3)=C2)cc1. The van der Waals surface area contributed by atoms with E-state index in [1.807, 2.05) is 42.2 Å². The quantitative estimate of drug-likeness (QED) is 0.815. The van der Waals surface area contributed by atoms with E-state index in [0.29, 0.717) is 24.1 Å². The number of nitrogens with zero attached hydrogens (tertiary/aromatic N) is 1. The van der Waals surface area contributed by atoms with Gasteiger partial charge >= 0.3 is 0 Å². The van der Waals surface area contributed by atoms with Crippen molar-refractivity contribution in [2.75, 3.05) is 19.7 Å². The number of nitrogens with one attached hydrogen (secondary N) is 1. The molecule has 0 spiro atoms. The number of aliphatic hydroxyl groups excluding tert-OH is 1. The zero-order chi connectivity index (χ0) is 18.5. The number of amides is 2. The van der Waals surface area contributed by atoms with Crippen molar-refractivity contribution in [3.8, 4) is 0 Å². The molecule has 2 amide bonds. The number of carbonyl (C=O) groups is 2. The molecule has 2 aliphatic rings. The lowest BCUT2D eigenvalue weighted by atomic mass is 9.96. The number of hydrogen-bond donors (Lipinski definition) is 2. The molecular weight excluding hydrogens is 328 g/mol. The predicted molar refractivity (Wildman–Crippen MR) is 101 cm³/mol. The van der Waals surface area contributed by atoms with Crippen molar-refractivity contribution in [3.05, 3.63) is 59.2 Å². The Kier molecular flexibility index (Phi) is 5.89. The minimum Gasteiger partial charge on any atom is -0.396 e. The normalized spacial score (nSPS) is 22.7. The van der Waals surface area contributed by atoms with Gasteiger partial charge in [0.15, 0.2) is 0 Å². The van der Waals surface area contributed by atoms with Crippen LogP contribution in [0.2, 0.25) is 0 Å². The molecule has 1 aliphatic heterocycles. The largest absolute Gasteiger partial charge is 0.396 e. The average molecular weight is 354 g/mol. The van der Waals surface area contributed by atoms with E-state index >= 15 is 0 Å². The highest BCUT2D eigenvalue weighted by Gasteiger charge is 2.26. The van der Waals surface area contributed by atoms with Gasteiger partial charge in [-0.2, -0.15) is 0 Å². The number of allylic oxidation sites excluding steroid dienone is 1. The van der Waals surface area contributed by atoms with Gasteiger partial charge in [-0.3, -0.25) is 9.59 Å². The van der Waals surface area contributed by atoms with Gasteiger partial charge in [0.2, 0.25) is 5.91 Å². The molecule has 1 aliphatic carbocycles. The van der Waals surface area contributed by atoms with Gasteiger partial charge in [0.1, 0.15) is 0 Å². The fraction of sp³-hybridized carbons (Fsp3) is 0.429. The number of hydrogen-bond acceptors (Lipinski definition) is 3. The van der Waals surface area contributed by atoms with Gasteiger partial charge in [-0.05, 0) is 50.3 Å². The Labute approximate surface area is 154 Å². The number of aryl methyl sites for hydroxylation is 1. The lowest BCUT2D eigenvalue weighted by Crippen LogP contribution is -2.42. The Hall–Kier alpha value is -2.40. The molecule has 0 saturated carbocycles. The van der Waals surface area contributed by atoms with Gasteiger partial charge in [0, 0.05) is 30.8 Å². The van der Waals surface area contributed by atoms with E-state index in [1.54, 1.807) is 12.1 Å². The molecule has 26 heavy (non-hydrogen) atoms. The maximum atomic E-state index is 12.8. The van der Waals surface area contributed by atoms with Crippen LogP contribution in [0.15, 0.2) is 48.1 Å². The topological polar surface area (TPSA) is 69.6 Å². The first-order valence-electron chi connectivity index (χ1n) is 9.22. The summed E-state index contributed by atoms with van der Waals surface area (Å²) >= 11 is 0.